The van der Waals surface area contributed by atoms with Gasteiger partial charge in [0.1, 0.15) is 5.01 Å². The van der Waals surface area contributed by atoms with E-state index in [1.807, 2.05) is 11.3 Å². The van der Waals surface area contributed by atoms with E-state index in [1.54, 1.807) is 11.8 Å². The predicted molar refractivity (Wildman–Crippen MR) is 93.3 cm³/mol. The van der Waals surface area contributed by atoms with E-state index < -0.39 is 0 Å². The maximum absolute atomic E-state index is 4.95. The van der Waals surface area contributed by atoms with Crippen LogP contribution in [-0.2, 0) is 6.54 Å². The van der Waals surface area contributed by atoms with Gasteiger partial charge in [0.2, 0.25) is 0 Å². The molecule has 1 aliphatic carbocycles. The van der Waals surface area contributed by atoms with Gasteiger partial charge in [-0.25, -0.2) is 4.98 Å². The predicted octanol–water partition coefficient (Wildman–Crippen LogP) is 4.91. The molecule has 1 saturated carbocycles. The summed E-state index contributed by atoms with van der Waals surface area (Å²) in [6.07, 6.45) is 4.73. The molecule has 21 heavy (non-hydrogen) atoms. The molecule has 1 N–H and O–H groups in total. The smallest absolute Gasteiger partial charge is 0.123 e. The first-order chi connectivity index (χ1) is 10.2. The fourth-order valence-electron chi connectivity index (χ4n) is 2.32. The van der Waals surface area contributed by atoms with E-state index in [9.17, 15) is 0 Å². The van der Waals surface area contributed by atoms with Gasteiger partial charge in [-0.15, -0.1) is 23.1 Å². The second-order valence-corrected chi connectivity index (χ2v) is 7.83. The molecule has 1 aliphatic rings. The van der Waals surface area contributed by atoms with Gasteiger partial charge in [-0.2, -0.15) is 0 Å². The summed E-state index contributed by atoms with van der Waals surface area (Å²) < 4.78 is 0. The molecule has 2 aromatic rings. The van der Waals surface area contributed by atoms with Crippen LogP contribution in [0.2, 0.25) is 0 Å². The molecule has 0 amide bonds. The summed E-state index contributed by atoms with van der Waals surface area (Å²) in [5, 5.41) is 4.71. The molecule has 0 spiro atoms. The maximum Gasteiger partial charge on any atom is 0.123 e. The van der Waals surface area contributed by atoms with E-state index in [2.05, 4.69) is 49.7 Å². The Labute approximate surface area is 135 Å². The Kier molecular flexibility index (Phi) is 4.67. The first-order valence-electron chi connectivity index (χ1n) is 7.54. The van der Waals surface area contributed by atoms with Crippen molar-refractivity contribution in [3.05, 3.63) is 34.8 Å². The minimum Gasteiger partial charge on any atom is -0.310 e. The van der Waals surface area contributed by atoms with Crippen molar-refractivity contribution in [3.63, 3.8) is 0 Å². The van der Waals surface area contributed by atoms with E-state index in [0.29, 0.717) is 12.0 Å². The van der Waals surface area contributed by atoms with Crippen molar-refractivity contribution >= 4 is 23.1 Å². The Bertz CT molecular complexity index is 598. The van der Waals surface area contributed by atoms with Gasteiger partial charge in [0.05, 0.1) is 5.69 Å². The van der Waals surface area contributed by atoms with Gasteiger partial charge in [0.15, 0.2) is 0 Å². The summed E-state index contributed by atoms with van der Waals surface area (Å²) in [4.78, 5) is 7.68. The third kappa shape index (κ3) is 3.68. The molecule has 3 rings (SSSR count). The number of aromatic nitrogens is 1. The number of nitrogens with one attached hydrogen (secondary N) is 1. The van der Waals surface area contributed by atoms with E-state index >= 15 is 0 Å². The van der Waals surface area contributed by atoms with Crippen LogP contribution in [0, 0.1) is 0 Å². The van der Waals surface area contributed by atoms with Crippen molar-refractivity contribution in [1.82, 2.24) is 10.3 Å². The van der Waals surface area contributed by atoms with Crippen LogP contribution in [0.5, 0.6) is 0 Å². The Balaban J connectivity index is 1.86. The molecule has 1 heterocycles. The summed E-state index contributed by atoms with van der Waals surface area (Å²) in [6.45, 7) is 5.34. The summed E-state index contributed by atoms with van der Waals surface area (Å²) >= 11 is 3.64. The van der Waals surface area contributed by atoms with Crippen LogP contribution in [0.4, 0.5) is 0 Å². The van der Waals surface area contributed by atoms with Gasteiger partial charge in [-0.1, -0.05) is 26.0 Å². The van der Waals surface area contributed by atoms with E-state index in [0.717, 1.165) is 6.54 Å². The molecule has 4 heteroatoms. The molecule has 0 saturated heterocycles. The summed E-state index contributed by atoms with van der Waals surface area (Å²) in [5.74, 6) is 0.712. The Hall–Kier alpha value is -0.840. The zero-order chi connectivity index (χ0) is 14.8. The normalized spacial score (nSPS) is 14.9. The maximum atomic E-state index is 4.95. The molecule has 0 bridgehead atoms. The van der Waals surface area contributed by atoms with Crippen molar-refractivity contribution in [2.45, 2.75) is 50.1 Å². The van der Waals surface area contributed by atoms with Crippen molar-refractivity contribution < 1.29 is 0 Å². The molecule has 0 radical (unpaired) electrons. The van der Waals surface area contributed by atoms with Crippen molar-refractivity contribution in [3.8, 4) is 10.6 Å². The highest BCUT2D eigenvalue weighted by atomic mass is 32.2. The van der Waals surface area contributed by atoms with Crippen LogP contribution in [-0.4, -0.2) is 17.3 Å². The second kappa shape index (κ2) is 6.51. The zero-order valence-electron chi connectivity index (χ0n) is 12.8. The monoisotopic (exact) mass is 318 g/mol. The first-order valence-corrected chi connectivity index (χ1v) is 9.59. The largest absolute Gasteiger partial charge is 0.310 e. The summed E-state index contributed by atoms with van der Waals surface area (Å²) in [6, 6.07) is 9.28. The molecular formula is C17H22N2S2. The molecule has 112 valence electrons. The molecule has 0 atom stereocenters. The SMILES string of the molecule is CSc1ccc(-c2nc(C3CC3)c(CNC(C)C)s2)cc1. The Morgan fingerprint density at radius 3 is 2.57 bits per heavy atom. The standard InChI is InChI=1S/C17H22N2S2/c1-11(2)18-10-15-16(12-4-5-12)19-17(21-15)13-6-8-14(20-3)9-7-13/h6-9,11-12,18H,4-5,10H2,1-3H3. The third-order valence-electron chi connectivity index (χ3n) is 3.70. The van der Waals surface area contributed by atoms with Crippen LogP contribution in [0.1, 0.15) is 43.2 Å². The van der Waals surface area contributed by atoms with E-state index in [-0.39, 0.29) is 0 Å². The molecule has 2 nitrogen and oxygen atoms in total. The topological polar surface area (TPSA) is 24.9 Å². The van der Waals surface area contributed by atoms with Gasteiger partial charge in [0.25, 0.3) is 0 Å². The fraction of sp³-hybridized carbons (Fsp3) is 0.471. The third-order valence-corrected chi connectivity index (χ3v) is 5.56. The average Bonchev–Trinajstić information content (AvgIpc) is 3.25. The van der Waals surface area contributed by atoms with Gasteiger partial charge in [-0.3, -0.25) is 0 Å². The second-order valence-electron chi connectivity index (χ2n) is 5.87. The molecule has 1 aromatic carbocycles. The summed E-state index contributed by atoms with van der Waals surface area (Å²) in [5.41, 5.74) is 2.59. The molecule has 1 fully saturated rings. The average molecular weight is 319 g/mol. The fourth-order valence-corrected chi connectivity index (χ4v) is 3.83. The molecule has 0 unspecified atom stereocenters. The lowest BCUT2D eigenvalue weighted by molar-refractivity contribution is 0.590. The molecule has 1 aromatic heterocycles. The number of benzene rings is 1. The lowest BCUT2D eigenvalue weighted by Crippen LogP contribution is -2.21. The van der Waals surface area contributed by atoms with Crippen LogP contribution in [0.25, 0.3) is 10.6 Å². The number of thioether (sulfide) groups is 1. The lowest BCUT2D eigenvalue weighted by Gasteiger charge is -2.07. The van der Waals surface area contributed by atoms with Gasteiger partial charge < -0.3 is 5.32 Å². The number of thiazole rings is 1. The summed E-state index contributed by atoms with van der Waals surface area (Å²) in [7, 11) is 0. The minimum atomic E-state index is 0.517. The molecule has 0 aliphatic heterocycles. The Morgan fingerprint density at radius 1 is 1.29 bits per heavy atom. The van der Waals surface area contributed by atoms with Crippen LogP contribution in [0.15, 0.2) is 29.2 Å². The van der Waals surface area contributed by atoms with Crippen LogP contribution in [0.3, 0.4) is 0 Å². The number of nitrogens with zero attached hydrogens (tertiary/aromatic N) is 1. The van der Waals surface area contributed by atoms with Crippen LogP contribution < -0.4 is 5.32 Å². The highest BCUT2D eigenvalue weighted by Crippen LogP contribution is 2.44. The quantitative estimate of drug-likeness (QED) is 0.766. The van der Waals surface area contributed by atoms with E-state index in [1.165, 1.54) is 38.9 Å². The highest BCUT2D eigenvalue weighted by molar-refractivity contribution is 7.98. The van der Waals surface area contributed by atoms with Crippen molar-refractivity contribution in [2.75, 3.05) is 6.26 Å². The zero-order valence-corrected chi connectivity index (χ0v) is 14.5. The first kappa shape index (κ1) is 15.1. The molecular weight excluding hydrogens is 296 g/mol. The minimum absolute atomic E-state index is 0.517. The number of hydrogen-bond acceptors (Lipinski definition) is 4. The number of rotatable bonds is 6. The van der Waals surface area contributed by atoms with Gasteiger partial charge in [-0.05, 0) is 31.2 Å². The highest BCUT2D eigenvalue weighted by Gasteiger charge is 2.29. The van der Waals surface area contributed by atoms with Crippen molar-refractivity contribution in [2.24, 2.45) is 0 Å². The van der Waals surface area contributed by atoms with Gasteiger partial charge in [0, 0.05) is 33.8 Å². The van der Waals surface area contributed by atoms with Gasteiger partial charge >= 0.3 is 0 Å². The number of hydrogen-bond donors (Lipinski definition) is 1. The lowest BCUT2D eigenvalue weighted by atomic mass is 10.2. The van der Waals surface area contributed by atoms with Crippen LogP contribution >= 0.6 is 23.1 Å². The Morgan fingerprint density at radius 2 is 2.00 bits per heavy atom. The van der Waals surface area contributed by atoms with Crippen molar-refractivity contribution in [1.29, 1.82) is 0 Å². The van der Waals surface area contributed by atoms with E-state index in [4.69, 9.17) is 4.98 Å².